The number of anilines is 2. The Hall–Kier alpha value is -0.640. The summed E-state index contributed by atoms with van der Waals surface area (Å²) in [6.07, 6.45) is 0. The molecule has 0 aliphatic carbocycles. The molecule has 0 bridgehead atoms. The highest BCUT2D eigenvalue weighted by molar-refractivity contribution is 9.11. The molecule has 0 spiro atoms. The molecule has 0 aliphatic rings. The van der Waals surface area contributed by atoms with Crippen LogP contribution in [-0.4, -0.2) is 8.42 Å². The van der Waals surface area contributed by atoms with Gasteiger partial charge in [-0.1, -0.05) is 6.07 Å². The van der Waals surface area contributed by atoms with Crippen LogP contribution in [0.1, 0.15) is 0 Å². The van der Waals surface area contributed by atoms with Crippen LogP contribution >= 0.6 is 47.8 Å². The second-order valence-electron chi connectivity index (χ2n) is 4.01. The van der Waals surface area contributed by atoms with E-state index in [0.717, 1.165) is 12.1 Å². The van der Waals surface area contributed by atoms with Crippen LogP contribution in [-0.2, 0) is 10.0 Å². The molecule has 0 aromatic heterocycles. The molecule has 4 nitrogen and oxygen atoms in total. The van der Waals surface area contributed by atoms with Gasteiger partial charge in [0.25, 0.3) is 10.0 Å². The third-order valence-corrected chi connectivity index (χ3v) is 5.91. The molecule has 0 radical (unpaired) electrons. The molecule has 0 atom stereocenters. The zero-order valence-electron chi connectivity index (χ0n) is 10.2. The molecule has 21 heavy (non-hydrogen) atoms. The summed E-state index contributed by atoms with van der Waals surface area (Å²) in [6.45, 7) is 0. The maximum Gasteiger partial charge on any atom is 0.264 e. The fraction of sp³-hybridized carbons (Fsp3) is 0. The average molecular weight is 503 g/mol. The number of hydrogen-bond donors (Lipinski definition) is 2. The van der Waals surface area contributed by atoms with E-state index in [1.54, 1.807) is 18.2 Å². The van der Waals surface area contributed by atoms with Crippen molar-refractivity contribution in [2.24, 2.45) is 0 Å². The minimum atomic E-state index is -4.11. The van der Waals surface area contributed by atoms with Gasteiger partial charge >= 0.3 is 0 Å². The Morgan fingerprint density at radius 3 is 2.19 bits per heavy atom. The number of rotatable bonds is 3. The van der Waals surface area contributed by atoms with E-state index >= 15 is 0 Å². The van der Waals surface area contributed by atoms with Crippen LogP contribution in [0.3, 0.4) is 0 Å². The highest BCUT2D eigenvalue weighted by Crippen LogP contribution is 2.33. The Bertz CT molecular complexity index is 792. The topological polar surface area (TPSA) is 72.2 Å². The normalized spacial score (nSPS) is 11.4. The van der Waals surface area contributed by atoms with Crippen LogP contribution < -0.4 is 10.5 Å². The quantitative estimate of drug-likeness (QED) is 0.607. The van der Waals surface area contributed by atoms with Crippen molar-refractivity contribution in [3.05, 3.63) is 49.6 Å². The van der Waals surface area contributed by atoms with Gasteiger partial charge in [-0.25, -0.2) is 12.8 Å². The molecule has 0 saturated heterocycles. The Morgan fingerprint density at radius 2 is 1.62 bits per heavy atom. The van der Waals surface area contributed by atoms with Crippen molar-refractivity contribution in [1.82, 2.24) is 0 Å². The molecule has 2 aromatic rings. The number of nitrogen functional groups attached to an aromatic ring is 1. The van der Waals surface area contributed by atoms with E-state index < -0.39 is 20.7 Å². The number of nitrogens with one attached hydrogen (secondary N) is 1. The van der Waals surface area contributed by atoms with Gasteiger partial charge in [-0.05, 0) is 72.1 Å². The number of sulfonamides is 1. The Kier molecular flexibility index (Phi) is 4.96. The third kappa shape index (κ3) is 3.58. The van der Waals surface area contributed by atoms with E-state index in [0.29, 0.717) is 13.4 Å². The summed E-state index contributed by atoms with van der Waals surface area (Å²) in [5.41, 5.74) is 6.02. The molecule has 0 unspecified atom stereocenters. The lowest BCUT2D eigenvalue weighted by Gasteiger charge is -2.13. The summed E-state index contributed by atoms with van der Waals surface area (Å²) in [5, 5.41) is 0. The first kappa shape index (κ1) is 16.7. The number of hydrogen-bond acceptors (Lipinski definition) is 3. The molecule has 2 aromatic carbocycles. The lowest BCUT2D eigenvalue weighted by Crippen LogP contribution is -2.16. The third-order valence-electron chi connectivity index (χ3n) is 2.54. The zero-order valence-corrected chi connectivity index (χ0v) is 15.8. The summed E-state index contributed by atoms with van der Waals surface area (Å²) in [6, 6.07) is 7.12. The molecular formula is C12H8Br3FN2O2S. The van der Waals surface area contributed by atoms with Crippen molar-refractivity contribution >= 4 is 69.2 Å². The van der Waals surface area contributed by atoms with Gasteiger partial charge in [-0.2, -0.15) is 0 Å². The van der Waals surface area contributed by atoms with E-state index in [-0.39, 0.29) is 11.4 Å². The van der Waals surface area contributed by atoms with Crippen LogP contribution in [0.5, 0.6) is 0 Å². The lowest BCUT2D eigenvalue weighted by molar-refractivity contribution is 0.570. The first-order valence-corrected chi connectivity index (χ1v) is 9.30. The van der Waals surface area contributed by atoms with Gasteiger partial charge in [0, 0.05) is 19.1 Å². The second kappa shape index (κ2) is 6.23. The molecule has 2 rings (SSSR count). The Labute approximate surface area is 146 Å². The molecule has 0 fully saturated rings. The summed E-state index contributed by atoms with van der Waals surface area (Å²) in [5.74, 6) is -0.897. The maximum absolute atomic E-state index is 13.9. The summed E-state index contributed by atoms with van der Waals surface area (Å²) in [4.78, 5) is -0.522. The number of halogens is 4. The molecular weight excluding hydrogens is 495 g/mol. The largest absolute Gasteiger partial charge is 0.398 e. The standard InChI is InChI=1S/C12H8Br3FN2O2S/c13-6-2-1-3-7(14)12(6)18-21(19,20)11-5-10(17)8(15)4-9(11)16/h1-5,18H,17H2. The van der Waals surface area contributed by atoms with E-state index in [4.69, 9.17) is 5.73 Å². The van der Waals surface area contributed by atoms with Gasteiger partial charge in [-0.3, -0.25) is 4.72 Å². The fourth-order valence-electron chi connectivity index (χ4n) is 1.54. The predicted molar refractivity (Wildman–Crippen MR) is 91.2 cm³/mol. The first-order chi connectivity index (χ1) is 9.72. The molecule has 0 aliphatic heterocycles. The van der Waals surface area contributed by atoms with E-state index in [9.17, 15) is 12.8 Å². The Balaban J connectivity index is 2.51. The van der Waals surface area contributed by atoms with Crippen molar-refractivity contribution in [3.63, 3.8) is 0 Å². The van der Waals surface area contributed by atoms with Crippen molar-refractivity contribution in [3.8, 4) is 0 Å². The molecule has 0 amide bonds. The van der Waals surface area contributed by atoms with Crippen molar-refractivity contribution in [2.75, 3.05) is 10.5 Å². The molecule has 0 heterocycles. The summed E-state index contributed by atoms with van der Waals surface area (Å²) in [7, 11) is -4.11. The summed E-state index contributed by atoms with van der Waals surface area (Å²) >= 11 is 9.51. The molecule has 112 valence electrons. The van der Waals surface area contributed by atoms with Gasteiger partial charge in [0.15, 0.2) is 0 Å². The van der Waals surface area contributed by atoms with Crippen LogP contribution in [0.4, 0.5) is 15.8 Å². The number of nitrogens with two attached hydrogens (primary N) is 1. The van der Waals surface area contributed by atoms with Gasteiger partial charge in [0.1, 0.15) is 10.7 Å². The number of para-hydroxylation sites is 1. The van der Waals surface area contributed by atoms with Crippen LogP contribution in [0.25, 0.3) is 0 Å². The predicted octanol–water partition coefficient (Wildman–Crippen LogP) is 4.50. The molecule has 9 heteroatoms. The second-order valence-corrected chi connectivity index (χ2v) is 8.22. The van der Waals surface area contributed by atoms with Crippen molar-refractivity contribution in [2.45, 2.75) is 4.90 Å². The van der Waals surface area contributed by atoms with Crippen LogP contribution in [0.2, 0.25) is 0 Å². The monoisotopic (exact) mass is 500 g/mol. The Morgan fingerprint density at radius 1 is 1.05 bits per heavy atom. The summed E-state index contributed by atoms with van der Waals surface area (Å²) < 4.78 is 42.2. The highest BCUT2D eigenvalue weighted by Gasteiger charge is 2.22. The first-order valence-electron chi connectivity index (χ1n) is 5.43. The number of benzene rings is 2. The van der Waals surface area contributed by atoms with Gasteiger partial charge < -0.3 is 5.73 Å². The van der Waals surface area contributed by atoms with Gasteiger partial charge in [0.05, 0.1) is 5.69 Å². The van der Waals surface area contributed by atoms with E-state index in [1.807, 2.05) is 0 Å². The SMILES string of the molecule is Nc1cc(S(=O)(=O)Nc2c(Br)cccc2Br)c(F)cc1Br. The minimum absolute atomic E-state index is 0.128. The van der Waals surface area contributed by atoms with E-state index in [1.165, 1.54) is 0 Å². The fourth-order valence-corrected chi connectivity index (χ4v) is 4.51. The van der Waals surface area contributed by atoms with Gasteiger partial charge in [0.2, 0.25) is 0 Å². The minimum Gasteiger partial charge on any atom is -0.398 e. The van der Waals surface area contributed by atoms with Crippen LogP contribution in [0.15, 0.2) is 48.6 Å². The average Bonchev–Trinajstić information content (AvgIpc) is 2.38. The molecule has 0 saturated carbocycles. The maximum atomic E-state index is 13.9. The van der Waals surface area contributed by atoms with E-state index in [2.05, 4.69) is 52.5 Å². The van der Waals surface area contributed by atoms with Crippen LogP contribution in [0, 0.1) is 5.82 Å². The highest BCUT2D eigenvalue weighted by atomic mass is 79.9. The lowest BCUT2D eigenvalue weighted by atomic mass is 10.3. The smallest absolute Gasteiger partial charge is 0.264 e. The van der Waals surface area contributed by atoms with Crippen molar-refractivity contribution < 1.29 is 12.8 Å². The van der Waals surface area contributed by atoms with Crippen molar-refractivity contribution in [1.29, 1.82) is 0 Å². The van der Waals surface area contributed by atoms with Gasteiger partial charge in [-0.15, -0.1) is 0 Å². The zero-order chi connectivity index (χ0) is 15.8. The molecule has 3 N–H and O–H groups in total.